The van der Waals surface area contributed by atoms with E-state index in [0.717, 1.165) is 24.4 Å². The van der Waals surface area contributed by atoms with E-state index < -0.39 is 5.97 Å². The van der Waals surface area contributed by atoms with E-state index in [9.17, 15) is 4.79 Å². The molecule has 0 radical (unpaired) electrons. The Morgan fingerprint density at radius 3 is 2.62 bits per heavy atom. The molecule has 0 spiro atoms. The van der Waals surface area contributed by atoms with Crippen LogP contribution >= 0.6 is 0 Å². The molecule has 2 aromatic rings. The molecule has 0 aliphatic heterocycles. The van der Waals surface area contributed by atoms with Crippen molar-refractivity contribution in [3.8, 4) is 0 Å². The van der Waals surface area contributed by atoms with Crippen molar-refractivity contribution in [2.75, 3.05) is 5.73 Å². The van der Waals surface area contributed by atoms with Gasteiger partial charge >= 0.3 is 5.97 Å². The van der Waals surface area contributed by atoms with E-state index >= 15 is 0 Å². The van der Waals surface area contributed by atoms with Crippen LogP contribution in [0.2, 0.25) is 0 Å². The molecule has 0 aliphatic rings. The van der Waals surface area contributed by atoms with Crippen molar-refractivity contribution in [3.05, 3.63) is 28.8 Å². The molecule has 7 heteroatoms. The van der Waals surface area contributed by atoms with Gasteiger partial charge in [-0.2, -0.15) is 10.2 Å². The number of carbonyl (C=O) groups is 1. The summed E-state index contributed by atoms with van der Waals surface area (Å²) in [5.74, 6) is -0.475. The second-order valence-corrected chi connectivity index (χ2v) is 4.84. The molecule has 0 saturated heterocycles. The fourth-order valence-corrected chi connectivity index (χ4v) is 2.20. The number of aryl methyl sites for hydroxylation is 4. The third-order valence-electron chi connectivity index (χ3n) is 3.39. The first kappa shape index (κ1) is 15.1. The first-order valence-electron chi connectivity index (χ1n) is 6.99. The highest BCUT2D eigenvalue weighted by Gasteiger charge is 2.20. The standard InChI is InChI=1S/C14H21N5O2/c1-5-10-7-11(19(6-2)17-10)8-21-14(20)13-12(15)9(3)16-18(13)4/h7H,5-6,8,15H2,1-4H3. The van der Waals surface area contributed by atoms with E-state index in [1.807, 2.05) is 24.6 Å². The zero-order chi connectivity index (χ0) is 15.6. The van der Waals surface area contributed by atoms with Gasteiger partial charge in [0.25, 0.3) is 0 Å². The van der Waals surface area contributed by atoms with E-state index in [-0.39, 0.29) is 12.3 Å². The number of nitrogen functional groups attached to an aromatic ring is 1. The molecule has 0 atom stereocenters. The lowest BCUT2D eigenvalue weighted by Gasteiger charge is -2.07. The Balaban J connectivity index is 2.12. The minimum atomic E-state index is -0.475. The maximum Gasteiger partial charge on any atom is 0.359 e. The molecule has 2 rings (SSSR count). The van der Waals surface area contributed by atoms with Crippen LogP contribution in [0.25, 0.3) is 0 Å². The van der Waals surface area contributed by atoms with Crippen LogP contribution in [0.4, 0.5) is 5.69 Å². The smallest absolute Gasteiger partial charge is 0.359 e. The lowest BCUT2D eigenvalue weighted by atomic mass is 10.3. The van der Waals surface area contributed by atoms with Crippen LogP contribution in [0.3, 0.4) is 0 Å². The van der Waals surface area contributed by atoms with E-state index in [4.69, 9.17) is 10.5 Å². The highest BCUT2D eigenvalue weighted by atomic mass is 16.5. The van der Waals surface area contributed by atoms with Gasteiger partial charge in [0, 0.05) is 13.6 Å². The number of carbonyl (C=O) groups excluding carboxylic acids is 1. The van der Waals surface area contributed by atoms with Crippen molar-refractivity contribution in [2.45, 2.75) is 40.3 Å². The maximum absolute atomic E-state index is 12.2. The van der Waals surface area contributed by atoms with Gasteiger partial charge in [0.1, 0.15) is 6.61 Å². The molecule has 2 heterocycles. The summed E-state index contributed by atoms with van der Waals surface area (Å²) in [6, 6.07) is 1.95. The van der Waals surface area contributed by atoms with E-state index in [0.29, 0.717) is 11.4 Å². The van der Waals surface area contributed by atoms with Crippen molar-refractivity contribution < 1.29 is 9.53 Å². The van der Waals surface area contributed by atoms with Gasteiger partial charge in [0.15, 0.2) is 5.69 Å². The predicted octanol–water partition coefficient (Wildman–Crippen LogP) is 1.45. The summed E-state index contributed by atoms with van der Waals surface area (Å²) in [5, 5.41) is 8.53. The van der Waals surface area contributed by atoms with E-state index in [1.165, 1.54) is 4.68 Å². The van der Waals surface area contributed by atoms with E-state index in [2.05, 4.69) is 10.2 Å². The second-order valence-electron chi connectivity index (χ2n) is 4.84. The number of ether oxygens (including phenoxy) is 1. The third-order valence-corrected chi connectivity index (χ3v) is 3.39. The molecule has 0 saturated carbocycles. The monoisotopic (exact) mass is 291 g/mol. The number of nitrogens with zero attached hydrogens (tertiary/aromatic N) is 4. The summed E-state index contributed by atoms with van der Waals surface area (Å²) in [7, 11) is 1.67. The van der Waals surface area contributed by atoms with Gasteiger partial charge in [-0.1, -0.05) is 6.92 Å². The molecule has 7 nitrogen and oxygen atoms in total. The van der Waals surface area contributed by atoms with Crippen molar-refractivity contribution in [3.63, 3.8) is 0 Å². The Bertz CT molecular complexity index is 657. The van der Waals surface area contributed by atoms with Gasteiger partial charge in [0.05, 0.1) is 22.8 Å². The van der Waals surface area contributed by atoms with Crippen LogP contribution in [-0.2, 0) is 31.4 Å². The number of anilines is 1. The number of rotatable bonds is 5. The molecule has 2 aromatic heterocycles. The molecule has 0 fully saturated rings. The lowest BCUT2D eigenvalue weighted by Crippen LogP contribution is -2.14. The van der Waals surface area contributed by atoms with Gasteiger partial charge in [0.2, 0.25) is 0 Å². The minimum absolute atomic E-state index is 0.170. The summed E-state index contributed by atoms with van der Waals surface area (Å²) in [6.07, 6.45) is 0.849. The Labute approximate surface area is 123 Å². The summed E-state index contributed by atoms with van der Waals surface area (Å²) in [4.78, 5) is 12.2. The average Bonchev–Trinajstić information content (AvgIpc) is 2.97. The molecule has 2 N–H and O–H groups in total. The summed E-state index contributed by atoms with van der Waals surface area (Å²) < 4.78 is 8.63. The zero-order valence-electron chi connectivity index (χ0n) is 12.9. The Morgan fingerprint density at radius 1 is 1.38 bits per heavy atom. The predicted molar refractivity (Wildman–Crippen MR) is 78.8 cm³/mol. The summed E-state index contributed by atoms with van der Waals surface area (Å²) in [6.45, 7) is 6.70. The largest absolute Gasteiger partial charge is 0.454 e. The number of nitrogens with two attached hydrogens (primary N) is 1. The van der Waals surface area contributed by atoms with Crippen molar-refractivity contribution in [1.29, 1.82) is 0 Å². The number of hydrogen-bond donors (Lipinski definition) is 1. The quantitative estimate of drug-likeness (QED) is 0.842. The third kappa shape index (κ3) is 2.91. The van der Waals surface area contributed by atoms with Crippen LogP contribution in [0.1, 0.15) is 41.4 Å². The fourth-order valence-electron chi connectivity index (χ4n) is 2.20. The molecule has 114 valence electrons. The number of aromatic nitrogens is 4. The molecule has 21 heavy (non-hydrogen) atoms. The molecular weight excluding hydrogens is 270 g/mol. The number of esters is 1. The zero-order valence-corrected chi connectivity index (χ0v) is 12.9. The van der Waals surface area contributed by atoms with Crippen LogP contribution in [0, 0.1) is 6.92 Å². The van der Waals surface area contributed by atoms with Crippen LogP contribution in [0.5, 0.6) is 0 Å². The highest BCUT2D eigenvalue weighted by molar-refractivity contribution is 5.93. The SMILES string of the molecule is CCc1cc(COC(=O)c2c(N)c(C)nn2C)n(CC)n1. The van der Waals surface area contributed by atoms with Gasteiger partial charge in [-0.3, -0.25) is 9.36 Å². The average molecular weight is 291 g/mol. The minimum Gasteiger partial charge on any atom is -0.454 e. The van der Waals surface area contributed by atoms with Crippen LogP contribution in [0.15, 0.2) is 6.07 Å². The fraction of sp³-hybridized carbons (Fsp3) is 0.500. The molecule has 0 aliphatic carbocycles. The van der Waals surface area contributed by atoms with Crippen LogP contribution in [-0.4, -0.2) is 25.5 Å². The van der Waals surface area contributed by atoms with E-state index in [1.54, 1.807) is 14.0 Å². The summed E-state index contributed by atoms with van der Waals surface area (Å²) >= 11 is 0. The Hall–Kier alpha value is -2.31. The van der Waals surface area contributed by atoms with Gasteiger partial charge < -0.3 is 10.5 Å². The van der Waals surface area contributed by atoms with Gasteiger partial charge in [-0.05, 0) is 26.3 Å². The van der Waals surface area contributed by atoms with Crippen molar-refractivity contribution in [2.24, 2.45) is 7.05 Å². The first-order valence-corrected chi connectivity index (χ1v) is 6.99. The van der Waals surface area contributed by atoms with Gasteiger partial charge in [-0.15, -0.1) is 0 Å². The normalized spacial score (nSPS) is 10.9. The molecule has 0 amide bonds. The second kappa shape index (κ2) is 5.99. The molecule has 0 unspecified atom stereocenters. The van der Waals surface area contributed by atoms with Crippen LogP contribution < -0.4 is 5.73 Å². The maximum atomic E-state index is 12.2. The number of hydrogen-bond acceptors (Lipinski definition) is 5. The first-order chi connectivity index (χ1) is 9.97. The van der Waals surface area contributed by atoms with Gasteiger partial charge in [-0.25, -0.2) is 4.79 Å². The molecule has 0 bridgehead atoms. The Kier molecular flexibility index (Phi) is 4.30. The molecular formula is C14H21N5O2. The Morgan fingerprint density at radius 2 is 2.10 bits per heavy atom. The lowest BCUT2D eigenvalue weighted by molar-refractivity contribution is 0.0451. The topological polar surface area (TPSA) is 88.0 Å². The summed E-state index contributed by atoms with van der Waals surface area (Å²) in [5.41, 5.74) is 8.98. The molecule has 0 aromatic carbocycles. The highest BCUT2D eigenvalue weighted by Crippen LogP contribution is 2.17. The van der Waals surface area contributed by atoms with Crippen molar-refractivity contribution >= 4 is 11.7 Å². The van der Waals surface area contributed by atoms with Crippen molar-refractivity contribution in [1.82, 2.24) is 19.6 Å².